The van der Waals surface area contributed by atoms with Gasteiger partial charge in [-0.2, -0.15) is 0 Å². The number of hydrogen-bond donors (Lipinski definition) is 0. The summed E-state index contributed by atoms with van der Waals surface area (Å²) < 4.78 is 11.1. The van der Waals surface area contributed by atoms with E-state index in [1.54, 1.807) is 0 Å². The highest BCUT2D eigenvalue weighted by atomic mass is 79.9. The summed E-state index contributed by atoms with van der Waals surface area (Å²) in [6.45, 7) is 4.76. The largest absolute Gasteiger partial charge is 0.350 e. The molecule has 0 bridgehead atoms. The molecule has 0 N–H and O–H groups in total. The van der Waals surface area contributed by atoms with Crippen LogP contribution in [-0.2, 0) is 9.47 Å². The van der Waals surface area contributed by atoms with Crippen LogP contribution in [0.4, 0.5) is 0 Å². The molecule has 1 aliphatic rings. The molecular formula is C8H15BrO2. The van der Waals surface area contributed by atoms with Crippen LogP contribution in [0.5, 0.6) is 0 Å². The van der Waals surface area contributed by atoms with Crippen molar-refractivity contribution >= 4 is 15.9 Å². The Bertz CT molecular complexity index is 123. The molecule has 1 aliphatic heterocycles. The van der Waals surface area contributed by atoms with Gasteiger partial charge >= 0.3 is 0 Å². The molecule has 1 saturated heterocycles. The van der Waals surface area contributed by atoms with Crippen molar-refractivity contribution in [1.82, 2.24) is 0 Å². The lowest BCUT2D eigenvalue weighted by Crippen LogP contribution is -2.39. The van der Waals surface area contributed by atoms with Crippen LogP contribution in [0.25, 0.3) is 0 Å². The Kier molecular flexibility index (Phi) is 3.34. The highest BCUT2D eigenvalue weighted by Crippen LogP contribution is 2.23. The number of ether oxygens (including phenoxy) is 2. The van der Waals surface area contributed by atoms with Gasteiger partial charge in [0, 0.05) is 5.33 Å². The van der Waals surface area contributed by atoms with E-state index in [9.17, 15) is 0 Å². The molecule has 3 heteroatoms. The molecular weight excluding hydrogens is 208 g/mol. The molecule has 1 heterocycles. The predicted octanol–water partition coefficient (Wildman–Crippen LogP) is 2.31. The SMILES string of the molecule is CC1(C)OCCC(CCBr)O1. The molecule has 0 amide bonds. The van der Waals surface area contributed by atoms with Crippen molar-refractivity contribution in [3.05, 3.63) is 0 Å². The molecule has 1 atom stereocenters. The quantitative estimate of drug-likeness (QED) is 0.669. The van der Waals surface area contributed by atoms with Gasteiger partial charge in [0.1, 0.15) is 0 Å². The summed E-state index contributed by atoms with van der Waals surface area (Å²) in [5, 5.41) is 1.01. The van der Waals surface area contributed by atoms with E-state index >= 15 is 0 Å². The van der Waals surface area contributed by atoms with Crippen molar-refractivity contribution in [2.75, 3.05) is 11.9 Å². The van der Waals surface area contributed by atoms with Crippen molar-refractivity contribution in [2.24, 2.45) is 0 Å². The van der Waals surface area contributed by atoms with Crippen molar-refractivity contribution < 1.29 is 9.47 Å². The first-order chi connectivity index (χ1) is 5.14. The fourth-order valence-electron chi connectivity index (χ4n) is 1.26. The Balaban J connectivity index is 2.34. The Hall–Kier alpha value is 0.400. The van der Waals surface area contributed by atoms with E-state index in [2.05, 4.69) is 15.9 Å². The molecule has 66 valence electrons. The van der Waals surface area contributed by atoms with Crippen molar-refractivity contribution in [3.8, 4) is 0 Å². The Morgan fingerprint density at radius 3 is 2.82 bits per heavy atom. The van der Waals surface area contributed by atoms with Gasteiger partial charge in [0.05, 0.1) is 12.7 Å². The fraction of sp³-hybridized carbons (Fsp3) is 1.00. The minimum atomic E-state index is -0.370. The predicted molar refractivity (Wildman–Crippen MR) is 47.9 cm³/mol. The van der Waals surface area contributed by atoms with E-state index < -0.39 is 0 Å². The Morgan fingerprint density at radius 1 is 1.55 bits per heavy atom. The average molecular weight is 223 g/mol. The zero-order valence-electron chi connectivity index (χ0n) is 7.10. The highest BCUT2D eigenvalue weighted by molar-refractivity contribution is 9.09. The molecule has 0 saturated carbocycles. The van der Waals surface area contributed by atoms with Crippen LogP contribution in [0.15, 0.2) is 0 Å². The lowest BCUT2D eigenvalue weighted by molar-refractivity contribution is -0.272. The lowest BCUT2D eigenvalue weighted by Gasteiger charge is -2.35. The first-order valence-corrected chi connectivity index (χ1v) is 5.14. The molecule has 1 fully saturated rings. The second-order valence-corrected chi connectivity index (χ2v) is 4.05. The molecule has 1 rings (SSSR count). The molecule has 1 unspecified atom stereocenters. The summed E-state index contributed by atoms with van der Waals surface area (Å²) in [5.41, 5.74) is 0. The smallest absolute Gasteiger partial charge is 0.163 e. The van der Waals surface area contributed by atoms with Gasteiger partial charge in [-0.25, -0.2) is 0 Å². The molecule has 0 aromatic rings. The molecule has 0 spiro atoms. The molecule has 0 radical (unpaired) electrons. The van der Waals surface area contributed by atoms with Crippen LogP contribution < -0.4 is 0 Å². The molecule has 11 heavy (non-hydrogen) atoms. The number of halogens is 1. The van der Waals surface area contributed by atoms with Crippen LogP contribution in [0.2, 0.25) is 0 Å². The van der Waals surface area contributed by atoms with Crippen molar-refractivity contribution in [1.29, 1.82) is 0 Å². The summed E-state index contributed by atoms with van der Waals surface area (Å²) in [6.07, 6.45) is 2.47. The van der Waals surface area contributed by atoms with Gasteiger partial charge < -0.3 is 9.47 Å². The zero-order valence-corrected chi connectivity index (χ0v) is 8.69. The zero-order chi connectivity index (χ0) is 8.32. The molecule has 0 aromatic carbocycles. The fourth-order valence-corrected chi connectivity index (χ4v) is 1.77. The second kappa shape index (κ2) is 3.87. The van der Waals surface area contributed by atoms with Gasteiger partial charge in [0.2, 0.25) is 0 Å². The number of hydrogen-bond acceptors (Lipinski definition) is 2. The first-order valence-electron chi connectivity index (χ1n) is 4.02. The summed E-state index contributed by atoms with van der Waals surface area (Å²) >= 11 is 3.40. The summed E-state index contributed by atoms with van der Waals surface area (Å²) in [7, 11) is 0. The van der Waals surface area contributed by atoms with Crippen LogP contribution >= 0.6 is 15.9 Å². The highest BCUT2D eigenvalue weighted by Gasteiger charge is 2.28. The van der Waals surface area contributed by atoms with E-state index in [1.807, 2.05) is 13.8 Å². The van der Waals surface area contributed by atoms with Crippen molar-refractivity contribution in [2.45, 2.75) is 38.6 Å². The maximum absolute atomic E-state index is 5.66. The van der Waals surface area contributed by atoms with Crippen molar-refractivity contribution in [3.63, 3.8) is 0 Å². The third kappa shape index (κ3) is 3.09. The minimum Gasteiger partial charge on any atom is -0.350 e. The number of alkyl halides is 1. The van der Waals surface area contributed by atoms with Gasteiger partial charge in [0.25, 0.3) is 0 Å². The number of rotatable bonds is 2. The second-order valence-electron chi connectivity index (χ2n) is 3.25. The summed E-state index contributed by atoms with van der Waals surface area (Å²) in [6, 6.07) is 0. The van der Waals surface area contributed by atoms with Gasteiger partial charge in [-0.05, 0) is 26.7 Å². The minimum absolute atomic E-state index is 0.370. The monoisotopic (exact) mass is 222 g/mol. The standard InChI is InChI=1S/C8H15BrO2/c1-8(2)10-6-4-7(11-8)3-5-9/h7H,3-6H2,1-2H3. The normalized spacial score (nSPS) is 30.3. The molecule has 2 nitrogen and oxygen atoms in total. The third-order valence-electron chi connectivity index (χ3n) is 1.77. The van der Waals surface area contributed by atoms with Crippen LogP contribution in [0.3, 0.4) is 0 Å². The first kappa shape index (κ1) is 9.49. The van der Waals surface area contributed by atoms with Gasteiger partial charge in [-0.1, -0.05) is 15.9 Å². The van der Waals surface area contributed by atoms with Crippen LogP contribution in [0.1, 0.15) is 26.7 Å². The van der Waals surface area contributed by atoms with E-state index in [-0.39, 0.29) is 5.79 Å². The lowest BCUT2D eigenvalue weighted by atomic mass is 10.1. The molecule has 0 aromatic heterocycles. The van der Waals surface area contributed by atoms with Crippen LogP contribution in [-0.4, -0.2) is 23.8 Å². The van der Waals surface area contributed by atoms with Crippen LogP contribution in [0, 0.1) is 0 Å². The molecule has 0 aliphatic carbocycles. The van der Waals surface area contributed by atoms with Gasteiger partial charge in [0.15, 0.2) is 5.79 Å². The topological polar surface area (TPSA) is 18.5 Å². The summed E-state index contributed by atoms with van der Waals surface area (Å²) in [5.74, 6) is -0.370. The van der Waals surface area contributed by atoms with Gasteiger partial charge in [-0.15, -0.1) is 0 Å². The van der Waals surface area contributed by atoms with E-state index in [4.69, 9.17) is 9.47 Å². The van der Waals surface area contributed by atoms with Gasteiger partial charge in [-0.3, -0.25) is 0 Å². The Morgan fingerprint density at radius 2 is 2.27 bits per heavy atom. The van der Waals surface area contributed by atoms with E-state index in [1.165, 1.54) is 0 Å². The third-order valence-corrected chi connectivity index (χ3v) is 2.23. The average Bonchev–Trinajstić information content (AvgIpc) is 1.85. The van der Waals surface area contributed by atoms with E-state index in [0.717, 1.165) is 24.8 Å². The summed E-state index contributed by atoms with van der Waals surface area (Å²) in [4.78, 5) is 0. The maximum atomic E-state index is 5.66. The Labute approximate surface area is 76.4 Å². The van der Waals surface area contributed by atoms with E-state index in [0.29, 0.717) is 6.10 Å². The maximum Gasteiger partial charge on any atom is 0.163 e.